The largest absolute Gasteiger partial charge is 0.356 e. The number of amides is 1. The van der Waals surface area contributed by atoms with E-state index in [2.05, 4.69) is 16.5 Å². The number of fused-ring (bicyclic) bond motifs is 1. The second kappa shape index (κ2) is 5.67. The molecule has 0 bridgehead atoms. The molecule has 1 amide bonds. The molecular formula is C14H19N3O. The van der Waals surface area contributed by atoms with Crippen LogP contribution < -0.4 is 5.32 Å². The van der Waals surface area contributed by atoms with Gasteiger partial charge < -0.3 is 5.32 Å². The molecule has 0 fully saturated rings. The van der Waals surface area contributed by atoms with E-state index in [1.54, 1.807) is 0 Å². The number of nitrogens with zero attached hydrogens (tertiary/aromatic N) is 2. The Labute approximate surface area is 107 Å². The van der Waals surface area contributed by atoms with Gasteiger partial charge in [-0.1, -0.05) is 25.1 Å². The Balaban J connectivity index is 2.06. The van der Waals surface area contributed by atoms with Gasteiger partial charge in [-0.25, -0.2) is 0 Å². The van der Waals surface area contributed by atoms with Crippen LogP contribution in [0.3, 0.4) is 0 Å². The first-order valence-electron chi connectivity index (χ1n) is 6.41. The third kappa shape index (κ3) is 2.70. The molecule has 96 valence electrons. The van der Waals surface area contributed by atoms with E-state index in [1.807, 2.05) is 36.7 Å². The van der Waals surface area contributed by atoms with Crippen molar-refractivity contribution in [2.75, 3.05) is 6.54 Å². The predicted molar refractivity (Wildman–Crippen MR) is 72.4 cm³/mol. The summed E-state index contributed by atoms with van der Waals surface area (Å²) < 4.78 is 1.91. The summed E-state index contributed by atoms with van der Waals surface area (Å²) in [6.07, 6.45) is 1.45. The van der Waals surface area contributed by atoms with Gasteiger partial charge >= 0.3 is 0 Å². The second-order valence-corrected chi connectivity index (χ2v) is 4.43. The molecule has 1 N–H and O–H groups in total. The lowest BCUT2D eigenvalue weighted by molar-refractivity contribution is -0.121. The van der Waals surface area contributed by atoms with Crippen molar-refractivity contribution in [1.29, 1.82) is 0 Å². The van der Waals surface area contributed by atoms with Crippen molar-refractivity contribution in [2.24, 2.45) is 0 Å². The van der Waals surface area contributed by atoms with E-state index in [0.29, 0.717) is 13.0 Å². The van der Waals surface area contributed by atoms with Crippen LogP contribution in [0.25, 0.3) is 10.9 Å². The number of aryl methyl sites for hydroxylation is 2. The number of hydrogen-bond acceptors (Lipinski definition) is 2. The van der Waals surface area contributed by atoms with Crippen LogP contribution in [-0.4, -0.2) is 22.2 Å². The van der Waals surface area contributed by atoms with Crippen LogP contribution >= 0.6 is 0 Å². The van der Waals surface area contributed by atoms with E-state index in [4.69, 9.17) is 0 Å². The number of benzene rings is 1. The number of rotatable bonds is 5. The first-order valence-corrected chi connectivity index (χ1v) is 6.41. The van der Waals surface area contributed by atoms with Crippen LogP contribution in [0, 0.1) is 6.92 Å². The van der Waals surface area contributed by atoms with Crippen molar-refractivity contribution in [3.63, 3.8) is 0 Å². The van der Waals surface area contributed by atoms with E-state index >= 15 is 0 Å². The molecule has 18 heavy (non-hydrogen) atoms. The van der Waals surface area contributed by atoms with Gasteiger partial charge in [-0.15, -0.1) is 0 Å². The molecule has 2 aromatic rings. The van der Waals surface area contributed by atoms with Gasteiger partial charge in [-0.3, -0.25) is 9.48 Å². The van der Waals surface area contributed by atoms with Gasteiger partial charge in [-0.05, 0) is 19.4 Å². The summed E-state index contributed by atoms with van der Waals surface area (Å²) in [5.41, 5.74) is 2.11. The van der Waals surface area contributed by atoms with Gasteiger partial charge in [0.05, 0.1) is 17.8 Å². The van der Waals surface area contributed by atoms with E-state index in [0.717, 1.165) is 29.6 Å². The van der Waals surface area contributed by atoms with Gasteiger partial charge in [0.2, 0.25) is 5.91 Å². The summed E-state index contributed by atoms with van der Waals surface area (Å²) >= 11 is 0. The highest BCUT2D eigenvalue weighted by Gasteiger charge is 2.07. The molecule has 0 saturated heterocycles. The molecule has 4 heteroatoms. The minimum atomic E-state index is 0.0917. The van der Waals surface area contributed by atoms with Crippen molar-refractivity contribution in [3.8, 4) is 0 Å². The topological polar surface area (TPSA) is 46.9 Å². The Hall–Kier alpha value is -1.84. The van der Waals surface area contributed by atoms with Gasteiger partial charge in [0, 0.05) is 18.4 Å². The van der Waals surface area contributed by atoms with Gasteiger partial charge in [0.25, 0.3) is 0 Å². The standard InChI is InChI=1S/C14H19N3O/c1-3-9-15-14(18)8-10-17-13-7-5-4-6-12(13)11(2)16-17/h4-7H,3,8-10H2,1-2H3,(H,15,18). The lowest BCUT2D eigenvalue weighted by Gasteiger charge is -2.04. The molecular weight excluding hydrogens is 226 g/mol. The number of aromatic nitrogens is 2. The van der Waals surface area contributed by atoms with Gasteiger partial charge in [0.15, 0.2) is 0 Å². The fourth-order valence-corrected chi connectivity index (χ4v) is 2.02. The summed E-state index contributed by atoms with van der Waals surface area (Å²) in [6, 6.07) is 8.11. The molecule has 0 spiro atoms. The molecule has 1 heterocycles. The molecule has 0 radical (unpaired) electrons. The first-order chi connectivity index (χ1) is 8.72. The SMILES string of the molecule is CCCNC(=O)CCn1nc(C)c2ccccc21. The zero-order valence-corrected chi connectivity index (χ0v) is 10.9. The van der Waals surface area contributed by atoms with Crippen molar-refractivity contribution in [2.45, 2.75) is 33.2 Å². The first kappa shape index (κ1) is 12.6. The number of carbonyl (C=O) groups excluding carboxylic acids is 1. The summed E-state index contributed by atoms with van der Waals surface area (Å²) in [7, 11) is 0. The molecule has 4 nitrogen and oxygen atoms in total. The van der Waals surface area contributed by atoms with Crippen molar-refractivity contribution >= 4 is 16.8 Å². The Bertz CT molecular complexity index is 545. The van der Waals surface area contributed by atoms with Crippen LogP contribution in [-0.2, 0) is 11.3 Å². The van der Waals surface area contributed by atoms with E-state index < -0.39 is 0 Å². The van der Waals surface area contributed by atoms with Crippen molar-refractivity contribution in [1.82, 2.24) is 15.1 Å². The molecule has 0 saturated carbocycles. The monoisotopic (exact) mass is 245 g/mol. The third-order valence-corrected chi connectivity index (χ3v) is 2.97. The molecule has 0 atom stereocenters. The summed E-state index contributed by atoms with van der Waals surface area (Å²) in [5, 5.41) is 8.51. The summed E-state index contributed by atoms with van der Waals surface area (Å²) in [4.78, 5) is 11.6. The third-order valence-electron chi connectivity index (χ3n) is 2.97. The maximum Gasteiger partial charge on any atom is 0.221 e. The lowest BCUT2D eigenvalue weighted by Crippen LogP contribution is -2.25. The van der Waals surface area contributed by atoms with Crippen molar-refractivity contribution in [3.05, 3.63) is 30.0 Å². The molecule has 1 aromatic carbocycles. The quantitative estimate of drug-likeness (QED) is 0.878. The van der Waals surface area contributed by atoms with Crippen molar-refractivity contribution < 1.29 is 4.79 Å². The normalized spacial score (nSPS) is 10.8. The molecule has 0 aliphatic carbocycles. The molecule has 2 rings (SSSR count). The smallest absolute Gasteiger partial charge is 0.221 e. The Morgan fingerprint density at radius 1 is 1.39 bits per heavy atom. The number of para-hydroxylation sites is 1. The van der Waals surface area contributed by atoms with Gasteiger partial charge in [0.1, 0.15) is 0 Å². The highest BCUT2D eigenvalue weighted by atomic mass is 16.1. The predicted octanol–water partition coefficient (Wildman–Crippen LogP) is 2.26. The number of hydrogen-bond donors (Lipinski definition) is 1. The van der Waals surface area contributed by atoms with E-state index in [9.17, 15) is 4.79 Å². The lowest BCUT2D eigenvalue weighted by atomic mass is 10.2. The average molecular weight is 245 g/mol. The Kier molecular flexibility index (Phi) is 3.97. The minimum Gasteiger partial charge on any atom is -0.356 e. The maximum atomic E-state index is 11.6. The van der Waals surface area contributed by atoms with E-state index in [-0.39, 0.29) is 5.91 Å². The zero-order valence-electron chi connectivity index (χ0n) is 10.9. The molecule has 0 aliphatic rings. The van der Waals surface area contributed by atoms with E-state index in [1.165, 1.54) is 0 Å². The van der Waals surface area contributed by atoms with Crippen LogP contribution in [0.5, 0.6) is 0 Å². The van der Waals surface area contributed by atoms with Crippen LogP contribution in [0.15, 0.2) is 24.3 Å². The molecule has 1 aromatic heterocycles. The molecule has 0 unspecified atom stereocenters. The fourth-order valence-electron chi connectivity index (χ4n) is 2.02. The summed E-state index contributed by atoms with van der Waals surface area (Å²) in [6.45, 7) is 5.42. The average Bonchev–Trinajstić information content (AvgIpc) is 2.71. The van der Waals surface area contributed by atoms with Crippen LogP contribution in [0.2, 0.25) is 0 Å². The minimum absolute atomic E-state index is 0.0917. The summed E-state index contributed by atoms with van der Waals surface area (Å²) in [5.74, 6) is 0.0917. The zero-order chi connectivity index (χ0) is 13.0. The van der Waals surface area contributed by atoms with Gasteiger partial charge in [-0.2, -0.15) is 5.10 Å². The highest BCUT2D eigenvalue weighted by molar-refractivity contribution is 5.82. The number of nitrogens with one attached hydrogen (secondary N) is 1. The number of carbonyl (C=O) groups is 1. The van der Waals surface area contributed by atoms with Crippen LogP contribution in [0.1, 0.15) is 25.5 Å². The highest BCUT2D eigenvalue weighted by Crippen LogP contribution is 2.17. The molecule has 0 aliphatic heterocycles. The second-order valence-electron chi connectivity index (χ2n) is 4.43. The van der Waals surface area contributed by atoms with Crippen LogP contribution in [0.4, 0.5) is 0 Å². The fraction of sp³-hybridized carbons (Fsp3) is 0.429. The Morgan fingerprint density at radius 2 is 2.17 bits per heavy atom. The Morgan fingerprint density at radius 3 is 2.94 bits per heavy atom. The maximum absolute atomic E-state index is 11.6.